The summed E-state index contributed by atoms with van der Waals surface area (Å²) >= 11 is 3.51. The van der Waals surface area contributed by atoms with Crippen LogP contribution in [0.3, 0.4) is 0 Å². The number of anilines is 1. The first kappa shape index (κ1) is 35.5. The van der Waals surface area contributed by atoms with Gasteiger partial charge in [-0.2, -0.15) is 0 Å². The second-order valence-corrected chi connectivity index (χ2v) is 14.1. The smallest absolute Gasteiger partial charge is 0.264 e. The summed E-state index contributed by atoms with van der Waals surface area (Å²) in [5.74, 6) is -0.121. The number of hydrogen-bond acceptors (Lipinski definition) is 6. The fourth-order valence-electron chi connectivity index (χ4n) is 5.03. The Morgan fingerprint density at radius 1 is 0.830 bits per heavy atom. The van der Waals surface area contributed by atoms with Crippen molar-refractivity contribution >= 4 is 43.5 Å². The summed E-state index contributed by atoms with van der Waals surface area (Å²) in [7, 11) is -1.41. The Kier molecular flexibility index (Phi) is 12.4. The number of nitrogens with one attached hydrogen (secondary N) is 1. The van der Waals surface area contributed by atoms with E-state index in [1.165, 1.54) is 37.3 Å². The quantitative estimate of drug-likeness (QED) is 0.160. The van der Waals surface area contributed by atoms with Crippen LogP contribution in [-0.2, 0) is 32.6 Å². The molecule has 1 N–H and O–H groups in total. The molecule has 0 saturated heterocycles. The molecule has 0 saturated carbocycles. The van der Waals surface area contributed by atoms with E-state index < -0.39 is 28.5 Å². The average Bonchev–Trinajstić information content (AvgIpc) is 3.08. The molecule has 0 aliphatic heterocycles. The molecule has 0 spiro atoms. The van der Waals surface area contributed by atoms with Crippen LogP contribution in [0.1, 0.15) is 25.0 Å². The summed E-state index contributed by atoms with van der Waals surface area (Å²) in [4.78, 5) is 30.1. The molecule has 4 aromatic carbocycles. The molecule has 2 amide bonds. The first-order valence-corrected chi connectivity index (χ1v) is 17.4. The fourth-order valence-corrected chi connectivity index (χ4v) is 6.92. The number of carbonyl (C=O) groups excluding carboxylic acids is 2. The number of rotatable bonds is 15. The van der Waals surface area contributed by atoms with Crippen LogP contribution in [0.5, 0.6) is 11.5 Å². The molecule has 0 heterocycles. The molecule has 1 unspecified atom stereocenters. The van der Waals surface area contributed by atoms with Gasteiger partial charge in [-0.1, -0.05) is 90.4 Å². The van der Waals surface area contributed by atoms with Gasteiger partial charge in [0.15, 0.2) is 0 Å². The first-order valence-electron chi connectivity index (χ1n) is 15.2. The number of hydrogen-bond donors (Lipinski definition) is 1. The summed E-state index contributed by atoms with van der Waals surface area (Å²) in [6.45, 7) is 3.84. The van der Waals surface area contributed by atoms with E-state index in [-0.39, 0.29) is 41.1 Å². The van der Waals surface area contributed by atoms with Gasteiger partial charge in [0.1, 0.15) is 24.1 Å². The van der Waals surface area contributed by atoms with Gasteiger partial charge in [0.25, 0.3) is 10.0 Å². The Balaban J connectivity index is 1.85. The maximum absolute atomic E-state index is 14.7. The molecular formula is C36H40BrN3O6S. The van der Waals surface area contributed by atoms with E-state index in [4.69, 9.17) is 9.47 Å². The Morgan fingerprint density at radius 2 is 1.49 bits per heavy atom. The van der Waals surface area contributed by atoms with Crippen molar-refractivity contribution in [1.29, 1.82) is 0 Å². The van der Waals surface area contributed by atoms with Crippen LogP contribution < -0.4 is 19.1 Å². The molecule has 0 fully saturated rings. The largest absolute Gasteiger partial charge is 0.497 e. The van der Waals surface area contributed by atoms with Crippen LogP contribution in [-0.4, -0.2) is 58.5 Å². The normalized spacial score (nSPS) is 11.9. The van der Waals surface area contributed by atoms with E-state index in [0.29, 0.717) is 12.3 Å². The maximum atomic E-state index is 14.7. The summed E-state index contributed by atoms with van der Waals surface area (Å²) in [5.41, 5.74) is 1.74. The van der Waals surface area contributed by atoms with Crippen molar-refractivity contribution in [2.45, 2.75) is 37.8 Å². The molecule has 1 atom stereocenters. The van der Waals surface area contributed by atoms with Crippen molar-refractivity contribution in [3.63, 3.8) is 0 Å². The predicted octanol–water partition coefficient (Wildman–Crippen LogP) is 6.07. The summed E-state index contributed by atoms with van der Waals surface area (Å²) in [6.07, 6.45) is 0.221. The van der Waals surface area contributed by atoms with Gasteiger partial charge in [0.2, 0.25) is 11.8 Å². The molecule has 248 valence electrons. The summed E-state index contributed by atoms with van der Waals surface area (Å²) in [6, 6.07) is 28.6. The van der Waals surface area contributed by atoms with Crippen molar-refractivity contribution in [3.8, 4) is 11.5 Å². The third kappa shape index (κ3) is 9.36. The fraction of sp³-hybridized carbons (Fsp3) is 0.278. The molecular weight excluding hydrogens is 682 g/mol. The number of sulfonamides is 1. The third-order valence-corrected chi connectivity index (χ3v) is 9.73. The minimum atomic E-state index is -4.30. The van der Waals surface area contributed by atoms with Gasteiger partial charge in [0.05, 0.1) is 24.8 Å². The molecule has 0 aromatic heterocycles. The van der Waals surface area contributed by atoms with E-state index in [2.05, 4.69) is 21.2 Å². The van der Waals surface area contributed by atoms with Crippen molar-refractivity contribution in [3.05, 3.63) is 119 Å². The van der Waals surface area contributed by atoms with Gasteiger partial charge in [-0.15, -0.1) is 0 Å². The van der Waals surface area contributed by atoms with E-state index >= 15 is 0 Å². The molecule has 9 nitrogen and oxygen atoms in total. The van der Waals surface area contributed by atoms with Crippen LogP contribution in [0.4, 0.5) is 5.69 Å². The van der Waals surface area contributed by atoms with Crippen molar-refractivity contribution in [1.82, 2.24) is 10.2 Å². The summed E-state index contributed by atoms with van der Waals surface area (Å²) in [5, 5.41) is 3.00. The molecule has 47 heavy (non-hydrogen) atoms. The minimum Gasteiger partial charge on any atom is -0.497 e. The average molecular weight is 723 g/mol. The molecule has 4 aromatic rings. The summed E-state index contributed by atoms with van der Waals surface area (Å²) < 4.78 is 41.4. The standard InChI is InChI=1S/C36H40BrN3O6S/c1-26(2)23-38-36(42)33(21-27-12-7-5-8-13-27)39(24-28-14-11-15-29(37)20-28)35(41)25-40(47(43,44)31-16-9-6-10-17-31)32-22-30(45-3)18-19-34(32)46-4/h5-20,22,26,33H,21,23-25H2,1-4H3,(H,38,42). The van der Waals surface area contributed by atoms with Crippen LogP contribution in [0, 0.1) is 5.92 Å². The number of carbonyl (C=O) groups is 2. The highest BCUT2D eigenvalue weighted by atomic mass is 79.9. The highest BCUT2D eigenvalue weighted by molar-refractivity contribution is 9.10. The lowest BCUT2D eigenvalue weighted by Gasteiger charge is -2.34. The first-order chi connectivity index (χ1) is 22.5. The van der Waals surface area contributed by atoms with Gasteiger partial charge in [-0.3, -0.25) is 13.9 Å². The van der Waals surface area contributed by atoms with E-state index in [0.717, 1.165) is 19.9 Å². The zero-order chi connectivity index (χ0) is 34.0. The Hall–Kier alpha value is -4.35. The zero-order valence-electron chi connectivity index (χ0n) is 26.9. The lowest BCUT2D eigenvalue weighted by Crippen LogP contribution is -2.53. The molecule has 4 rings (SSSR count). The van der Waals surface area contributed by atoms with Crippen LogP contribution in [0.25, 0.3) is 0 Å². The van der Waals surface area contributed by atoms with E-state index in [1.807, 2.05) is 68.4 Å². The molecule has 0 bridgehead atoms. The number of amides is 2. The monoisotopic (exact) mass is 721 g/mol. The SMILES string of the molecule is COc1ccc(OC)c(N(CC(=O)N(Cc2cccc(Br)c2)C(Cc2ccccc2)C(=O)NCC(C)C)S(=O)(=O)c2ccccc2)c1. The number of methoxy groups -OCH3 is 2. The number of benzene rings is 4. The van der Waals surface area contributed by atoms with Gasteiger partial charge >= 0.3 is 0 Å². The zero-order valence-corrected chi connectivity index (χ0v) is 29.3. The Labute approximate surface area is 285 Å². The second kappa shape index (κ2) is 16.5. The van der Waals surface area contributed by atoms with Crippen molar-refractivity contribution in [2.75, 3.05) is 31.6 Å². The van der Waals surface area contributed by atoms with Crippen molar-refractivity contribution in [2.24, 2.45) is 5.92 Å². The second-order valence-electron chi connectivity index (χ2n) is 11.4. The van der Waals surface area contributed by atoms with Gasteiger partial charge < -0.3 is 19.7 Å². The molecule has 11 heteroatoms. The maximum Gasteiger partial charge on any atom is 0.264 e. The van der Waals surface area contributed by atoms with Crippen LogP contribution >= 0.6 is 15.9 Å². The highest BCUT2D eigenvalue weighted by Crippen LogP contribution is 2.36. The lowest BCUT2D eigenvalue weighted by molar-refractivity contribution is -0.140. The van der Waals surface area contributed by atoms with Crippen LogP contribution in [0.2, 0.25) is 0 Å². The van der Waals surface area contributed by atoms with Gasteiger partial charge in [0, 0.05) is 30.0 Å². The lowest BCUT2D eigenvalue weighted by atomic mass is 10.0. The van der Waals surface area contributed by atoms with Crippen LogP contribution in [0.15, 0.2) is 112 Å². The Morgan fingerprint density at radius 3 is 2.11 bits per heavy atom. The number of nitrogens with zero attached hydrogens (tertiary/aromatic N) is 2. The third-order valence-electron chi connectivity index (χ3n) is 7.46. The molecule has 0 radical (unpaired) electrons. The van der Waals surface area contributed by atoms with Gasteiger partial charge in [-0.05, 0) is 53.4 Å². The number of ether oxygens (including phenoxy) is 2. The van der Waals surface area contributed by atoms with E-state index in [9.17, 15) is 18.0 Å². The molecule has 0 aliphatic carbocycles. The van der Waals surface area contributed by atoms with E-state index in [1.54, 1.807) is 30.3 Å². The number of halogens is 1. The predicted molar refractivity (Wildman–Crippen MR) is 187 cm³/mol. The topological polar surface area (TPSA) is 105 Å². The van der Waals surface area contributed by atoms with Gasteiger partial charge in [-0.25, -0.2) is 8.42 Å². The highest BCUT2D eigenvalue weighted by Gasteiger charge is 2.35. The van der Waals surface area contributed by atoms with Crippen molar-refractivity contribution < 1.29 is 27.5 Å². The Bertz CT molecular complexity index is 1750. The minimum absolute atomic E-state index is 0.00766. The molecule has 0 aliphatic rings.